The van der Waals surface area contributed by atoms with E-state index in [2.05, 4.69) is 5.92 Å². The molecule has 0 aliphatic carbocycles. The summed E-state index contributed by atoms with van der Waals surface area (Å²) in [5.41, 5.74) is 1.79. The number of rotatable bonds is 2. The molecule has 1 aromatic carbocycles. The quantitative estimate of drug-likeness (QED) is 0.693. The molecule has 1 rings (SSSR count). The van der Waals surface area contributed by atoms with E-state index in [1.807, 2.05) is 13.0 Å². The van der Waals surface area contributed by atoms with Crippen LogP contribution in [0.3, 0.4) is 0 Å². The molecule has 0 radical (unpaired) electrons. The molecule has 0 aliphatic heterocycles. The minimum Gasteiger partial charge on any atom is -0.223 e. The molecule has 0 atom stereocenters. The highest BCUT2D eigenvalue weighted by Crippen LogP contribution is 2.17. The van der Waals surface area contributed by atoms with E-state index in [-0.39, 0.29) is 5.75 Å². The normalized spacial score (nSPS) is 10.9. The molecule has 0 bridgehead atoms. The molecule has 0 heterocycles. The number of terminal acetylenes is 1. The van der Waals surface area contributed by atoms with Crippen LogP contribution in [0, 0.1) is 26.2 Å². The number of aryl methyl sites for hydroxylation is 2. The maximum atomic E-state index is 11.6. The van der Waals surface area contributed by atoms with Gasteiger partial charge in [-0.05, 0) is 25.5 Å². The molecule has 74 valence electrons. The first-order valence-corrected chi connectivity index (χ1v) is 5.86. The molecule has 0 saturated heterocycles. The second kappa shape index (κ2) is 3.85. The van der Waals surface area contributed by atoms with Crippen molar-refractivity contribution in [3.05, 3.63) is 29.3 Å². The average molecular weight is 208 g/mol. The van der Waals surface area contributed by atoms with Gasteiger partial charge in [-0.2, -0.15) is 0 Å². The van der Waals surface area contributed by atoms with E-state index in [9.17, 15) is 8.42 Å². The lowest BCUT2D eigenvalue weighted by atomic mass is 10.2. The van der Waals surface area contributed by atoms with Crippen LogP contribution in [0.25, 0.3) is 0 Å². The standard InChI is InChI=1S/C11H12O2S/c1-4-7-14(12,13)11-6-5-9(2)8-10(11)3/h1,5-6,8H,7H2,2-3H3. The van der Waals surface area contributed by atoms with Gasteiger partial charge < -0.3 is 0 Å². The van der Waals surface area contributed by atoms with Crippen LogP contribution in [-0.4, -0.2) is 14.2 Å². The summed E-state index contributed by atoms with van der Waals surface area (Å²) in [7, 11) is -3.29. The number of hydrogen-bond acceptors (Lipinski definition) is 2. The lowest BCUT2D eigenvalue weighted by Crippen LogP contribution is -2.06. The Morgan fingerprint density at radius 1 is 1.36 bits per heavy atom. The molecule has 0 spiro atoms. The van der Waals surface area contributed by atoms with E-state index in [1.54, 1.807) is 19.1 Å². The summed E-state index contributed by atoms with van der Waals surface area (Å²) in [6.07, 6.45) is 5.00. The third-order valence-electron chi connectivity index (χ3n) is 1.94. The van der Waals surface area contributed by atoms with Gasteiger partial charge in [-0.15, -0.1) is 6.42 Å². The fourth-order valence-corrected chi connectivity index (χ4v) is 2.54. The van der Waals surface area contributed by atoms with Gasteiger partial charge in [0.05, 0.1) is 4.90 Å². The molecule has 0 aliphatic rings. The van der Waals surface area contributed by atoms with Gasteiger partial charge in [0.15, 0.2) is 9.84 Å². The smallest absolute Gasteiger partial charge is 0.189 e. The maximum Gasteiger partial charge on any atom is 0.189 e. The second-order valence-electron chi connectivity index (χ2n) is 3.23. The summed E-state index contributed by atoms with van der Waals surface area (Å²) in [6, 6.07) is 5.22. The Hall–Kier alpha value is -1.27. The Labute approximate surface area is 84.9 Å². The average Bonchev–Trinajstić information content (AvgIpc) is 2.02. The van der Waals surface area contributed by atoms with Crippen molar-refractivity contribution in [2.24, 2.45) is 0 Å². The van der Waals surface area contributed by atoms with Gasteiger partial charge >= 0.3 is 0 Å². The Morgan fingerprint density at radius 3 is 2.50 bits per heavy atom. The van der Waals surface area contributed by atoms with Crippen LogP contribution in [-0.2, 0) is 9.84 Å². The molecule has 3 heteroatoms. The lowest BCUT2D eigenvalue weighted by Gasteiger charge is -2.05. The van der Waals surface area contributed by atoms with Crippen molar-refractivity contribution in [1.29, 1.82) is 0 Å². The topological polar surface area (TPSA) is 34.1 Å². The summed E-state index contributed by atoms with van der Waals surface area (Å²) in [5, 5.41) is 0. The number of sulfone groups is 1. The van der Waals surface area contributed by atoms with Crippen molar-refractivity contribution >= 4 is 9.84 Å². The fraction of sp³-hybridized carbons (Fsp3) is 0.273. The largest absolute Gasteiger partial charge is 0.223 e. The third kappa shape index (κ3) is 2.15. The molecule has 0 unspecified atom stereocenters. The van der Waals surface area contributed by atoms with Gasteiger partial charge in [0.1, 0.15) is 5.75 Å². The van der Waals surface area contributed by atoms with Crippen molar-refractivity contribution in [3.63, 3.8) is 0 Å². The summed E-state index contributed by atoms with van der Waals surface area (Å²) in [6.45, 7) is 3.70. The van der Waals surface area contributed by atoms with Crippen LogP contribution in [0.4, 0.5) is 0 Å². The Kier molecular flexibility index (Phi) is 2.97. The highest BCUT2D eigenvalue weighted by molar-refractivity contribution is 7.91. The Bertz CT molecular complexity index is 478. The van der Waals surface area contributed by atoms with Crippen LogP contribution in [0.5, 0.6) is 0 Å². The van der Waals surface area contributed by atoms with E-state index < -0.39 is 9.84 Å². The molecule has 14 heavy (non-hydrogen) atoms. The van der Waals surface area contributed by atoms with E-state index in [4.69, 9.17) is 6.42 Å². The molecule has 0 aromatic heterocycles. The van der Waals surface area contributed by atoms with Crippen LogP contribution in [0.2, 0.25) is 0 Å². The molecule has 0 fully saturated rings. The summed E-state index contributed by atoms with van der Waals surface area (Å²) >= 11 is 0. The monoisotopic (exact) mass is 208 g/mol. The molecule has 0 N–H and O–H groups in total. The van der Waals surface area contributed by atoms with Gasteiger partial charge in [-0.25, -0.2) is 8.42 Å². The lowest BCUT2D eigenvalue weighted by molar-refractivity contribution is 0.599. The van der Waals surface area contributed by atoms with Gasteiger partial charge in [0.25, 0.3) is 0 Å². The molecule has 2 nitrogen and oxygen atoms in total. The Morgan fingerprint density at radius 2 is 2.00 bits per heavy atom. The predicted molar refractivity (Wildman–Crippen MR) is 56.8 cm³/mol. The second-order valence-corrected chi connectivity index (χ2v) is 5.19. The van der Waals surface area contributed by atoms with Crippen LogP contribution >= 0.6 is 0 Å². The van der Waals surface area contributed by atoms with Crippen molar-refractivity contribution in [2.75, 3.05) is 5.75 Å². The van der Waals surface area contributed by atoms with Crippen molar-refractivity contribution < 1.29 is 8.42 Å². The van der Waals surface area contributed by atoms with E-state index in [0.717, 1.165) is 11.1 Å². The zero-order valence-corrected chi connectivity index (χ0v) is 9.06. The zero-order valence-electron chi connectivity index (χ0n) is 8.24. The first kappa shape index (κ1) is 10.8. The molecular formula is C11H12O2S. The van der Waals surface area contributed by atoms with Crippen LogP contribution < -0.4 is 0 Å². The van der Waals surface area contributed by atoms with Gasteiger partial charge in [0, 0.05) is 0 Å². The predicted octanol–water partition coefficient (Wildman–Crippen LogP) is 1.71. The molecule has 1 aromatic rings. The molecule has 0 saturated carbocycles. The van der Waals surface area contributed by atoms with Crippen molar-refractivity contribution in [2.45, 2.75) is 18.7 Å². The SMILES string of the molecule is C#CCS(=O)(=O)c1ccc(C)cc1C. The summed E-state index contributed by atoms with van der Waals surface area (Å²) in [4.78, 5) is 0.334. The van der Waals surface area contributed by atoms with Gasteiger partial charge in [-0.1, -0.05) is 23.6 Å². The highest BCUT2D eigenvalue weighted by atomic mass is 32.2. The minimum atomic E-state index is -3.29. The first-order chi connectivity index (χ1) is 6.47. The maximum absolute atomic E-state index is 11.6. The van der Waals surface area contributed by atoms with E-state index in [0.29, 0.717) is 4.90 Å². The summed E-state index contributed by atoms with van der Waals surface area (Å²) in [5.74, 6) is 1.92. The van der Waals surface area contributed by atoms with Crippen molar-refractivity contribution in [3.8, 4) is 12.3 Å². The third-order valence-corrected chi connectivity index (χ3v) is 3.61. The minimum absolute atomic E-state index is 0.239. The van der Waals surface area contributed by atoms with E-state index >= 15 is 0 Å². The molecule has 0 amide bonds. The Balaban J connectivity index is 3.29. The van der Waals surface area contributed by atoms with Gasteiger partial charge in [0.2, 0.25) is 0 Å². The van der Waals surface area contributed by atoms with Gasteiger partial charge in [-0.3, -0.25) is 0 Å². The van der Waals surface area contributed by atoms with Crippen molar-refractivity contribution in [1.82, 2.24) is 0 Å². The fourth-order valence-electron chi connectivity index (χ4n) is 1.34. The summed E-state index contributed by atoms with van der Waals surface area (Å²) < 4.78 is 23.2. The highest BCUT2D eigenvalue weighted by Gasteiger charge is 2.14. The first-order valence-electron chi connectivity index (χ1n) is 4.21. The van der Waals surface area contributed by atoms with E-state index in [1.165, 1.54) is 0 Å². The van der Waals surface area contributed by atoms with Crippen LogP contribution in [0.1, 0.15) is 11.1 Å². The molecular weight excluding hydrogens is 196 g/mol. The number of benzene rings is 1. The number of hydrogen-bond donors (Lipinski definition) is 0. The zero-order chi connectivity index (χ0) is 10.8. The van der Waals surface area contributed by atoms with Crippen LogP contribution in [0.15, 0.2) is 23.1 Å².